The minimum Gasteiger partial charge on any atom is -0.439 e. The van der Waals surface area contributed by atoms with Crippen LogP contribution in [0.4, 0.5) is 0 Å². The second kappa shape index (κ2) is 6.38. The van der Waals surface area contributed by atoms with Crippen LogP contribution in [0.3, 0.4) is 0 Å². The van der Waals surface area contributed by atoms with Crippen molar-refractivity contribution in [2.75, 3.05) is 7.11 Å². The first kappa shape index (κ1) is 12.9. The highest BCUT2D eigenvalue weighted by Gasteiger charge is 2.05. The molecule has 1 aromatic carbocycles. The maximum absolute atomic E-state index is 5.84. The fraction of sp³-hybridized carbons (Fsp3) is 0.214. The molecule has 0 saturated heterocycles. The Labute approximate surface area is 111 Å². The number of pyridine rings is 1. The molecule has 3 nitrogen and oxygen atoms in total. The van der Waals surface area contributed by atoms with Crippen LogP contribution in [0.5, 0.6) is 11.6 Å². The Morgan fingerprint density at radius 1 is 1.22 bits per heavy atom. The van der Waals surface area contributed by atoms with Crippen molar-refractivity contribution in [2.45, 2.75) is 12.5 Å². The van der Waals surface area contributed by atoms with Gasteiger partial charge in [0, 0.05) is 18.9 Å². The normalized spacial score (nSPS) is 10.3. The van der Waals surface area contributed by atoms with Gasteiger partial charge in [-0.05, 0) is 23.8 Å². The first-order valence-electron chi connectivity index (χ1n) is 5.59. The third-order valence-electron chi connectivity index (χ3n) is 2.42. The van der Waals surface area contributed by atoms with Gasteiger partial charge in [0.2, 0.25) is 5.88 Å². The Balaban J connectivity index is 2.20. The van der Waals surface area contributed by atoms with Gasteiger partial charge in [-0.1, -0.05) is 18.2 Å². The molecule has 2 aromatic rings. The smallest absolute Gasteiger partial charge is 0.223 e. The second-order valence-electron chi connectivity index (χ2n) is 3.78. The van der Waals surface area contributed by atoms with Crippen molar-refractivity contribution in [1.29, 1.82) is 0 Å². The van der Waals surface area contributed by atoms with Crippen molar-refractivity contribution in [3.05, 3.63) is 53.7 Å². The van der Waals surface area contributed by atoms with Gasteiger partial charge in [-0.15, -0.1) is 11.6 Å². The van der Waals surface area contributed by atoms with E-state index in [0.29, 0.717) is 18.4 Å². The number of alkyl halides is 1. The van der Waals surface area contributed by atoms with E-state index < -0.39 is 0 Å². The zero-order valence-electron chi connectivity index (χ0n) is 10.1. The van der Waals surface area contributed by atoms with Gasteiger partial charge in [-0.25, -0.2) is 4.98 Å². The summed E-state index contributed by atoms with van der Waals surface area (Å²) in [6.45, 7) is 0.557. The van der Waals surface area contributed by atoms with E-state index in [1.807, 2.05) is 36.4 Å². The van der Waals surface area contributed by atoms with Gasteiger partial charge in [0.25, 0.3) is 0 Å². The van der Waals surface area contributed by atoms with Gasteiger partial charge < -0.3 is 9.47 Å². The topological polar surface area (TPSA) is 31.4 Å². The number of ether oxygens (including phenoxy) is 2. The standard InChI is InChI=1S/C14H14ClNO2/c1-17-10-11-4-2-6-13(8-11)18-14-12(9-15)5-3-7-16-14/h2-8H,9-10H2,1H3. The Bertz CT molecular complexity index is 517. The summed E-state index contributed by atoms with van der Waals surface area (Å²) in [6, 6.07) is 11.5. The molecule has 0 aliphatic carbocycles. The lowest BCUT2D eigenvalue weighted by Crippen LogP contribution is -1.94. The summed E-state index contributed by atoms with van der Waals surface area (Å²) in [6.07, 6.45) is 1.68. The van der Waals surface area contributed by atoms with Crippen LogP contribution in [-0.2, 0) is 17.2 Å². The lowest BCUT2D eigenvalue weighted by molar-refractivity contribution is 0.184. The average molecular weight is 264 g/mol. The largest absolute Gasteiger partial charge is 0.439 e. The number of hydrogen-bond acceptors (Lipinski definition) is 3. The number of hydrogen-bond donors (Lipinski definition) is 0. The summed E-state index contributed by atoms with van der Waals surface area (Å²) < 4.78 is 10.8. The van der Waals surface area contributed by atoms with E-state index in [4.69, 9.17) is 21.1 Å². The van der Waals surface area contributed by atoms with E-state index in [9.17, 15) is 0 Å². The first-order valence-corrected chi connectivity index (χ1v) is 6.12. The summed E-state index contributed by atoms with van der Waals surface area (Å²) in [7, 11) is 1.66. The summed E-state index contributed by atoms with van der Waals surface area (Å²) >= 11 is 5.84. The Morgan fingerprint density at radius 3 is 2.89 bits per heavy atom. The van der Waals surface area contributed by atoms with Crippen molar-refractivity contribution in [3.63, 3.8) is 0 Å². The SMILES string of the molecule is COCc1cccc(Oc2ncccc2CCl)c1. The molecule has 0 fully saturated rings. The van der Waals surface area contributed by atoms with Crippen LogP contribution in [0, 0.1) is 0 Å². The number of benzene rings is 1. The summed E-state index contributed by atoms with van der Waals surface area (Å²) in [5.41, 5.74) is 1.93. The van der Waals surface area contributed by atoms with Gasteiger partial charge in [0.1, 0.15) is 5.75 Å². The number of halogens is 1. The minimum absolute atomic E-state index is 0.376. The lowest BCUT2D eigenvalue weighted by Gasteiger charge is -2.09. The van der Waals surface area contributed by atoms with Gasteiger partial charge in [-0.2, -0.15) is 0 Å². The molecule has 0 atom stereocenters. The molecule has 4 heteroatoms. The van der Waals surface area contributed by atoms with Crippen molar-refractivity contribution >= 4 is 11.6 Å². The molecule has 0 aliphatic heterocycles. The second-order valence-corrected chi connectivity index (χ2v) is 4.05. The van der Waals surface area contributed by atoms with E-state index in [1.165, 1.54) is 0 Å². The molecule has 0 saturated carbocycles. The third kappa shape index (κ3) is 3.22. The van der Waals surface area contributed by atoms with Gasteiger partial charge in [0.05, 0.1) is 12.5 Å². The fourth-order valence-electron chi connectivity index (χ4n) is 1.59. The first-order chi connectivity index (χ1) is 8.83. The highest BCUT2D eigenvalue weighted by atomic mass is 35.5. The van der Waals surface area contributed by atoms with E-state index in [2.05, 4.69) is 4.98 Å². The molecule has 0 spiro atoms. The fourth-order valence-corrected chi connectivity index (χ4v) is 1.80. The van der Waals surface area contributed by atoms with Crippen molar-refractivity contribution < 1.29 is 9.47 Å². The Morgan fingerprint density at radius 2 is 2.11 bits per heavy atom. The highest BCUT2D eigenvalue weighted by Crippen LogP contribution is 2.24. The molecular formula is C14H14ClNO2. The number of rotatable bonds is 5. The van der Waals surface area contributed by atoms with Crippen molar-refractivity contribution in [3.8, 4) is 11.6 Å². The van der Waals surface area contributed by atoms with Crippen LogP contribution in [-0.4, -0.2) is 12.1 Å². The predicted molar refractivity (Wildman–Crippen MR) is 71.0 cm³/mol. The maximum Gasteiger partial charge on any atom is 0.223 e. The molecular weight excluding hydrogens is 250 g/mol. The van der Waals surface area contributed by atoms with Crippen LogP contribution < -0.4 is 4.74 Å². The van der Waals surface area contributed by atoms with E-state index >= 15 is 0 Å². The molecule has 1 aromatic heterocycles. The number of methoxy groups -OCH3 is 1. The predicted octanol–water partition coefficient (Wildman–Crippen LogP) is 3.76. The molecule has 0 N–H and O–H groups in total. The summed E-state index contributed by atoms with van der Waals surface area (Å²) in [5, 5.41) is 0. The highest BCUT2D eigenvalue weighted by molar-refractivity contribution is 6.17. The van der Waals surface area contributed by atoms with Crippen molar-refractivity contribution in [2.24, 2.45) is 0 Å². The van der Waals surface area contributed by atoms with E-state index in [1.54, 1.807) is 13.3 Å². The zero-order valence-corrected chi connectivity index (χ0v) is 10.9. The van der Waals surface area contributed by atoms with Crippen LogP contribution in [0.2, 0.25) is 0 Å². The van der Waals surface area contributed by atoms with E-state index in [-0.39, 0.29) is 0 Å². The molecule has 2 rings (SSSR count). The molecule has 0 radical (unpaired) electrons. The van der Waals surface area contributed by atoms with Gasteiger partial charge in [-0.3, -0.25) is 0 Å². The Kier molecular flexibility index (Phi) is 4.56. The molecule has 1 heterocycles. The quantitative estimate of drug-likeness (QED) is 0.770. The number of nitrogens with zero attached hydrogens (tertiary/aromatic N) is 1. The molecule has 0 aliphatic rings. The average Bonchev–Trinajstić information content (AvgIpc) is 2.40. The van der Waals surface area contributed by atoms with Crippen molar-refractivity contribution in [1.82, 2.24) is 4.98 Å². The van der Waals surface area contributed by atoms with Gasteiger partial charge >= 0.3 is 0 Å². The molecule has 0 unspecified atom stereocenters. The lowest BCUT2D eigenvalue weighted by atomic mass is 10.2. The third-order valence-corrected chi connectivity index (χ3v) is 2.71. The summed E-state index contributed by atoms with van der Waals surface area (Å²) in [4.78, 5) is 4.18. The van der Waals surface area contributed by atoms with Crippen LogP contribution in [0.1, 0.15) is 11.1 Å². The number of aromatic nitrogens is 1. The van der Waals surface area contributed by atoms with E-state index in [0.717, 1.165) is 16.9 Å². The zero-order chi connectivity index (χ0) is 12.8. The Hall–Kier alpha value is -1.58. The van der Waals surface area contributed by atoms with Crippen LogP contribution in [0.25, 0.3) is 0 Å². The summed E-state index contributed by atoms with van der Waals surface area (Å²) in [5.74, 6) is 1.65. The minimum atomic E-state index is 0.376. The molecule has 94 valence electrons. The van der Waals surface area contributed by atoms with Crippen LogP contribution >= 0.6 is 11.6 Å². The van der Waals surface area contributed by atoms with Gasteiger partial charge in [0.15, 0.2) is 0 Å². The van der Waals surface area contributed by atoms with Crippen LogP contribution in [0.15, 0.2) is 42.6 Å². The molecule has 18 heavy (non-hydrogen) atoms. The molecule has 0 amide bonds. The monoisotopic (exact) mass is 263 g/mol. The maximum atomic E-state index is 5.84. The molecule has 0 bridgehead atoms.